The second-order valence-electron chi connectivity index (χ2n) is 17.3. The van der Waals surface area contributed by atoms with Gasteiger partial charge in [-0.2, -0.15) is 5.26 Å². The highest BCUT2D eigenvalue weighted by molar-refractivity contribution is 6.15. The molecule has 10 heteroatoms. The molecule has 0 fully saturated rings. The molecule has 0 amide bonds. The average molecular weight is 873 g/mol. The van der Waals surface area contributed by atoms with Crippen LogP contribution in [0.1, 0.15) is 17.0 Å². The van der Waals surface area contributed by atoms with Crippen molar-refractivity contribution in [3.8, 4) is 39.9 Å². The van der Waals surface area contributed by atoms with Gasteiger partial charge in [0, 0.05) is 63.3 Å². The van der Waals surface area contributed by atoms with E-state index in [0.717, 1.165) is 127 Å². The van der Waals surface area contributed by atoms with Crippen molar-refractivity contribution in [2.45, 2.75) is 13.8 Å². The van der Waals surface area contributed by atoms with E-state index in [2.05, 4.69) is 158 Å². The summed E-state index contributed by atoms with van der Waals surface area (Å²) in [4.78, 5) is 25.2. The van der Waals surface area contributed by atoms with Crippen molar-refractivity contribution >= 4 is 87.7 Å². The van der Waals surface area contributed by atoms with Crippen LogP contribution in [0.2, 0.25) is 0 Å². The van der Waals surface area contributed by atoms with Gasteiger partial charge in [0.2, 0.25) is 0 Å². The lowest BCUT2D eigenvalue weighted by Crippen LogP contribution is -2.17. The van der Waals surface area contributed by atoms with Gasteiger partial charge in [0.1, 0.15) is 6.07 Å². The molecule has 0 saturated heterocycles. The summed E-state index contributed by atoms with van der Waals surface area (Å²) in [5.74, 6) is 0. The van der Waals surface area contributed by atoms with Crippen LogP contribution in [0, 0.1) is 25.2 Å². The molecule has 10 nitrogen and oxygen atoms in total. The van der Waals surface area contributed by atoms with Crippen LogP contribution >= 0.6 is 0 Å². The third kappa shape index (κ3) is 5.12. The number of hydrogen-bond acceptors (Lipinski definition) is 6. The molecule has 0 unspecified atom stereocenters. The fourth-order valence-electron chi connectivity index (χ4n) is 11.0. The van der Waals surface area contributed by atoms with E-state index in [1.807, 2.05) is 62.9 Å². The normalized spacial score (nSPS) is 12.0. The first-order valence-electron chi connectivity index (χ1n) is 22.6. The van der Waals surface area contributed by atoms with Crippen molar-refractivity contribution < 1.29 is 0 Å². The SMILES string of the molecule is Cc1cc(-c2c(C#N)c(-n3c4ccccc4c4ncccc43)c(-n3c4ccccc4c4ncccc43)c(-n3c4ccccc4c4ncccc43)c2-n2c3ccccc3c3ncccc32)cc(C)n1. The van der Waals surface area contributed by atoms with Gasteiger partial charge < -0.3 is 18.3 Å². The molecule has 0 N–H and O–H groups in total. The Balaban J connectivity index is 1.39. The van der Waals surface area contributed by atoms with Crippen LogP contribution < -0.4 is 0 Å². The minimum Gasteiger partial charge on any atom is -0.305 e. The third-order valence-corrected chi connectivity index (χ3v) is 13.5. The van der Waals surface area contributed by atoms with Gasteiger partial charge in [-0.1, -0.05) is 72.8 Å². The quantitative estimate of drug-likeness (QED) is 0.170. The van der Waals surface area contributed by atoms with Crippen molar-refractivity contribution in [2.24, 2.45) is 0 Å². The molecule has 0 radical (unpaired) electrons. The molecule has 0 aliphatic heterocycles. The number of fused-ring (bicyclic) bond motifs is 12. The van der Waals surface area contributed by atoms with Gasteiger partial charge in [-0.05, 0) is 104 Å². The number of para-hydroxylation sites is 4. The van der Waals surface area contributed by atoms with Crippen molar-refractivity contribution in [3.63, 3.8) is 0 Å². The summed E-state index contributed by atoms with van der Waals surface area (Å²) in [6.07, 6.45) is 7.41. The molecule has 318 valence electrons. The molecule has 0 bridgehead atoms. The summed E-state index contributed by atoms with van der Waals surface area (Å²) in [6, 6.07) is 57.3. The van der Waals surface area contributed by atoms with Crippen molar-refractivity contribution in [1.82, 2.24) is 43.2 Å². The van der Waals surface area contributed by atoms with E-state index in [1.54, 1.807) is 0 Å². The lowest BCUT2D eigenvalue weighted by atomic mass is 9.92. The van der Waals surface area contributed by atoms with Crippen LogP contribution in [0.15, 0.2) is 183 Å². The van der Waals surface area contributed by atoms with Crippen LogP contribution in [0.5, 0.6) is 0 Å². The van der Waals surface area contributed by atoms with Gasteiger partial charge in [-0.25, -0.2) is 0 Å². The highest BCUT2D eigenvalue weighted by atomic mass is 15.2. The van der Waals surface area contributed by atoms with Crippen LogP contribution in [-0.2, 0) is 0 Å². The Bertz CT molecular complexity index is 4270. The molecule has 9 heterocycles. The minimum absolute atomic E-state index is 0.471. The number of nitriles is 1. The monoisotopic (exact) mass is 872 g/mol. The van der Waals surface area contributed by atoms with E-state index in [1.165, 1.54) is 0 Å². The maximum atomic E-state index is 12.4. The summed E-state index contributed by atoms with van der Waals surface area (Å²) in [5.41, 5.74) is 17.5. The molecular weight excluding hydrogens is 837 g/mol. The van der Waals surface area contributed by atoms with Gasteiger partial charge >= 0.3 is 0 Å². The Morgan fingerprint density at radius 2 is 0.676 bits per heavy atom. The second-order valence-corrected chi connectivity index (χ2v) is 17.3. The first-order valence-corrected chi connectivity index (χ1v) is 22.6. The fraction of sp³-hybridized carbons (Fsp3) is 0.0345. The molecular formula is C58H36N10. The summed E-state index contributed by atoms with van der Waals surface area (Å²) in [5, 5.41) is 16.4. The Hall–Kier alpha value is -9.46. The molecule has 5 aromatic carbocycles. The summed E-state index contributed by atoms with van der Waals surface area (Å²) >= 11 is 0. The highest BCUT2D eigenvalue weighted by Gasteiger charge is 2.35. The lowest BCUT2D eigenvalue weighted by molar-refractivity contribution is 1.02. The lowest BCUT2D eigenvalue weighted by Gasteiger charge is -2.29. The third-order valence-electron chi connectivity index (χ3n) is 13.5. The number of hydrogen-bond donors (Lipinski definition) is 0. The molecule has 0 aliphatic rings. The van der Waals surface area contributed by atoms with Gasteiger partial charge in [-0.15, -0.1) is 0 Å². The minimum atomic E-state index is 0.471. The van der Waals surface area contributed by atoms with E-state index in [9.17, 15) is 5.26 Å². The van der Waals surface area contributed by atoms with Crippen LogP contribution in [-0.4, -0.2) is 43.2 Å². The number of pyridine rings is 5. The van der Waals surface area contributed by atoms with Gasteiger partial charge in [0.25, 0.3) is 0 Å². The predicted octanol–water partition coefficient (Wildman–Crippen LogP) is 13.2. The van der Waals surface area contributed by atoms with E-state index < -0.39 is 0 Å². The van der Waals surface area contributed by atoms with E-state index in [4.69, 9.17) is 24.9 Å². The fourth-order valence-corrected chi connectivity index (χ4v) is 11.0. The molecule has 0 saturated carbocycles. The Labute approximate surface area is 387 Å². The Kier molecular flexibility index (Phi) is 7.95. The van der Waals surface area contributed by atoms with E-state index in [-0.39, 0.29) is 0 Å². The Morgan fingerprint density at radius 1 is 0.368 bits per heavy atom. The molecule has 68 heavy (non-hydrogen) atoms. The maximum absolute atomic E-state index is 12.4. The van der Waals surface area contributed by atoms with Crippen molar-refractivity contribution in [3.05, 3.63) is 199 Å². The molecule has 9 aromatic heterocycles. The maximum Gasteiger partial charge on any atom is 0.102 e. The zero-order valence-electron chi connectivity index (χ0n) is 36.8. The first-order chi connectivity index (χ1) is 33.6. The molecule has 14 rings (SSSR count). The zero-order chi connectivity index (χ0) is 45.2. The van der Waals surface area contributed by atoms with E-state index >= 15 is 0 Å². The van der Waals surface area contributed by atoms with Gasteiger partial charge in [0.15, 0.2) is 0 Å². The summed E-state index contributed by atoms with van der Waals surface area (Å²) < 4.78 is 9.30. The first kappa shape index (κ1) is 37.9. The van der Waals surface area contributed by atoms with Gasteiger partial charge in [-0.3, -0.25) is 24.9 Å². The molecule has 0 aliphatic carbocycles. The zero-order valence-corrected chi connectivity index (χ0v) is 36.8. The van der Waals surface area contributed by atoms with Crippen molar-refractivity contribution in [2.75, 3.05) is 0 Å². The van der Waals surface area contributed by atoms with E-state index in [0.29, 0.717) is 11.3 Å². The number of aryl methyl sites for hydroxylation is 2. The molecule has 14 aromatic rings. The van der Waals surface area contributed by atoms with Crippen molar-refractivity contribution in [1.29, 1.82) is 5.26 Å². The molecule has 0 atom stereocenters. The summed E-state index contributed by atoms with van der Waals surface area (Å²) in [6.45, 7) is 4.04. The number of nitrogens with zero attached hydrogens (tertiary/aromatic N) is 10. The summed E-state index contributed by atoms with van der Waals surface area (Å²) in [7, 11) is 0. The van der Waals surface area contributed by atoms with Gasteiger partial charge in [0.05, 0.1) is 94.5 Å². The number of aromatic nitrogens is 9. The average Bonchev–Trinajstić information content (AvgIpc) is 4.10. The predicted molar refractivity (Wildman–Crippen MR) is 272 cm³/mol. The smallest absolute Gasteiger partial charge is 0.102 e. The standard InChI is InChI=1S/C58H36N10/c1-34-31-36(32-35(2)64-34)50-41(33-59)55(65-42-19-7-3-15-37(42)51-46(65)23-11-27-60-51)57(67-44-21-9-5-17-39(44)53-48(67)25-13-29-62-53)58(68-45-22-10-6-18-40(45)54-49(68)26-14-30-63-54)56(50)66-43-20-8-4-16-38(43)52-47(66)24-12-28-61-52/h3-32H,1-2H3. The van der Waals surface area contributed by atoms with Crippen LogP contribution in [0.25, 0.3) is 122 Å². The highest BCUT2D eigenvalue weighted by Crippen LogP contribution is 2.51. The number of rotatable bonds is 5. The van der Waals surface area contributed by atoms with Crippen LogP contribution in [0.3, 0.4) is 0 Å². The molecule has 0 spiro atoms. The second kappa shape index (κ2) is 14.3. The van der Waals surface area contributed by atoms with Crippen LogP contribution in [0.4, 0.5) is 0 Å². The Morgan fingerprint density at radius 3 is 1.04 bits per heavy atom. The largest absolute Gasteiger partial charge is 0.305 e. The number of benzene rings is 5. The topological polar surface area (TPSA) is 108 Å².